The summed E-state index contributed by atoms with van der Waals surface area (Å²) < 4.78 is 44.5. The van der Waals surface area contributed by atoms with Crippen LogP contribution in [0, 0.1) is 0 Å². The van der Waals surface area contributed by atoms with Crippen LogP contribution >= 0.6 is 0 Å². The summed E-state index contributed by atoms with van der Waals surface area (Å²) in [5, 5.41) is 8.82. The fraction of sp³-hybridized carbons (Fsp3) is 0.571. The molecule has 1 heterocycles. The Kier molecular flexibility index (Phi) is 5.01. The van der Waals surface area contributed by atoms with Crippen molar-refractivity contribution in [2.75, 3.05) is 32.8 Å². The lowest BCUT2D eigenvalue weighted by atomic mass is 10.0. The van der Waals surface area contributed by atoms with Crippen molar-refractivity contribution in [2.45, 2.75) is 18.7 Å². The van der Waals surface area contributed by atoms with Gasteiger partial charge >= 0.3 is 6.18 Å². The maximum Gasteiger partial charge on any atom is 0.416 e. The Morgan fingerprint density at radius 1 is 1.30 bits per heavy atom. The van der Waals surface area contributed by atoms with Gasteiger partial charge in [0.15, 0.2) is 0 Å². The number of ether oxygens (including phenoxy) is 1. The van der Waals surface area contributed by atoms with E-state index in [1.807, 2.05) is 4.90 Å². The van der Waals surface area contributed by atoms with E-state index >= 15 is 0 Å². The summed E-state index contributed by atoms with van der Waals surface area (Å²) >= 11 is 0. The van der Waals surface area contributed by atoms with Crippen LogP contribution in [0.15, 0.2) is 24.3 Å². The van der Waals surface area contributed by atoms with Gasteiger partial charge in [-0.25, -0.2) is 0 Å². The van der Waals surface area contributed by atoms with Gasteiger partial charge in [-0.05, 0) is 18.1 Å². The average molecular weight is 289 g/mol. The van der Waals surface area contributed by atoms with Crippen molar-refractivity contribution >= 4 is 0 Å². The number of morpholine rings is 1. The highest BCUT2D eigenvalue weighted by molar-refractivity contribution is 5.32. The fourth-order valence-corrected chi connectivity index (χ4v) is 2.42. The van der Waals surface area contributed by atoms with Gasteiger partial charge in [-0.1, -0.05) is 18.2 Å². The zero-order valence-corrected chi connectivity index (χ0v) is 11.1. The predicted molar refractivity (Wildman–Crippen MR) is 68.3 cm³/mol. The second kappa shape index (κ2) is 6.56. The van der Waals surface area contributed by atoms with Crippen LogP contribution in [0.2, 0.25) is 0 Å². The molecule has 0 saturated carbocycles. The molecule has 1 aliphatic rings. The molecule has 1 aliphatic heterocycles. The van der Waals surface area contributed by atoms with E-state index in [-0.39, 0.29) is 12.2 Å². The molecule has 2 rings (SSSR count). The third-order valence-corrected chi connectivity index (χ3v) is 3.40. The van der Waals surface area contributed by atoms with Crippen molar-refractivity contribution in [1.29, 1.82) is 0 Å². The summed E-state index contributed by atoms with van der Waals surface area (Å²) in [6, 6.07) is 5.55. The number of hydrogen-bond donors (Lipinski definition) is 1. The normalized spacial score (nSPS) is 21.1. The zero-order chi connectivity index (χ0) is 14.6. The quantitative estimate of drug-likeness (QED) is 0.924. The number of aliphatic hydroxyl groups excluding tert-OH is 1. The van der Waals surface area contributed by atoms with E-state index in [0.29, 0.717) is 32.7 Å². The van der Waals surface area contributed by atoms with Gasteiger partial charge < -0.3 is 9.84 Å². The Bertz CT molecular complexity index is 437. The topological polar surface area (TPSA) is 32.7 Å². The molecule has 1 saturated heterocycles. The fourth-order valence-electron chi connectivity index (χ4n) is 2.42. The predicted octanol–water partition coefficient (Wildman–Crippen LogP) is 2.46. The Labute approximate surface area is 116 Å². The van der Waals surface area contributed by atoms with Crippen LogP contribution in [0.25, 0.3) is 0 Å². The Morgan fingerprint density at radius 3 is 2.75 bits per heavy atom. The molecule has 0 aromatic heterocycles. The summed E-state index contributed by atoms with van der Waals surface area (Å²) in [6.07, 6.45) is -4.32. The minimum atomic E-state index is -4.37. The van der Waals surface area contributed by atoms with Crippen LogP contribution < -0.4 is 0 Å². The first-order valence-corrected chi connectivity index (χ1v) is 6.63. The molecular weight excluding hydrogens is 271 g/mol. The number of aliphatic hydroxyl groups is 1. The molecule has 1 N–H and O–H groups in total. The SMILES string of the molecule is OCCCN1CCO[C@H](c2ccccc2C(F)(F)F)C1. The highest BCUT2D eigenvalue weighted by Crippen LogP contribution is 2.36. The number of benzene rings is 1. The molecule has 0 aliphatic carbocycles. The number of alkyl halides is 3. The highest BCUT2D eigenvalue weighted by Gasteiger charge is 2.36. The van der Waals surface area contributed by atoms with Crippen LogP contribution in [-0.4, -0.2) is 42.9 Å². The minimum absolute atomic E-state index is 0.0845. The van der Waals surface area contributed by atoms with Crippen LogP contribution in [0.5, 0.6) is 0 Å². The third-order valence-electron chi connectivity index (χ3n) is 3.40. The van der Waals surface area contributed by atoms with E-state index in [2.05, 4.69) is 0 Å². The van der Waals surface area contributed by atoms with Gasteiger partial charge in [0.1, 0.15) is 0 Å². The molecule has 20 heavy (non-hydrogen) atoms. The average Bonchev–Trinajstić information content (AvgIpc) is 2.44. The number of nitrogens with zero attached hydrogens (tertiary/aromatic N) is 1. The summed E-state index contributed by atoms with van der Waals surface area (Å²) in [5.41, 5.74) is -0.442. The highest BCUT2D eigenvalue weighted by atomic mass is 19.4. The van der Waals surface area contributed by atoms with Gasteiger partial charge in [0.2, 0.25) is 0 Å². The molecule has 1 aromatic carbocycles. The molecule has 0 amide bonds. The van der Waals surface area contributed by atoms with Crippen molar-refractivity contribution in [3.05, 3.63) is 35.4 Å². The van der Waals surface area contributed by atoms with Gasteiger partial charge in [0.05, 0.1) is 18.3 Å². The number of halogens is 3. The molecule has 0 radical (unpaired) electrons. The largest absolute Gasteiger partial charge is 0.416 e. The van der Waals surface area contributed by atoms with E-state index in [1.54, 1.807) is 6.07 Å². The Balaban J connectivity index is 2.15. The van der Waals surface area contributed by atoms with Gasteiger partial charge in [0, 0.05) is 26.2 Å². The maximum absolute atomic E-state index is 13.0. The standard InChI is InChI=1S/C14H18F3NO2/c15-14(16,17)12-5-2-1-4-11(12)13-10-18(6-3-8-19)7-9-20-13/h1-2,4-5,13,19H,3,6-10H2/t13-/m0/s1. The molecule has 1 aromatic rings. The third kappa shape index (κ3) is 3.71. The van der Waals surface area contributed by atoms with Gasteiger partial charge in [0.25, 0.3) is 0 Å². The molecular formula is C14H18F3NO2. The summed E-state index contributed by atoms with van der Waals surface area (Å²) in [4.78, 5) is 2.03. The van der Waals surface area contributed by atoms with Gasteiger partial charge in [-0.15, -0.1) is 0 Å². The van der Waals surface area contributed by atoms with E-state index in [0.717, 1.165) is 6.07 Å². The Morgan fingerprint density at radius 2 is 2.05 bits per heavy atom. The van der Waals surface area contributed by atoms with E-state index in [9.17, 15) is 13.2 Å². The van der Waals surface area contributed by atoms with Crippen LogP contribution in [-0.2, 0) is 10.9 Å². The molecule has 6 heteroatoms. The van der Waals surface area contributed by atoms with Crippen LogP contribution in [0.1, 0.15) is 23.7 Å². The summed E-state index contributed by atoms with van der Waals surface area (Å²) in [5.74, 6) is 0. The lowest BCUT2D eigenvalue weighted by Crippen LogP contribution is -2.39. The monoisotopic (exact) mass is 289 g/mol. The van der Waals surface area contributed by atoms with E-state index < -0.39 is 17.8 Å². The van der Waals surface area contributed by atoms with Crippen molar-refractivity contribution in [3.63, 3.8) is 0 Å². The second-order valence-corrected chi connectivity index (χ2v) is 4.82. The second-order valence-electron chi connectivity index (χ2n) is 4.82. The van der Waals surface area contributed by atoms with Crippen molar-refractivity contribution in [2.24, 2.45) is 0 Å². The molecule has 0 spiro atoms. The molecule has 0 bridgehead atoms. The molecule has 1 fully saturated rings. The molecule has 3 nitrogen and oxygen atoms in total. The number of rotatable bonds is 4. The minimum Gasteiger partial charge on any atom is -0.396 e. The Hall–Kier alpha value is -1.11. The molecule has 112 valence electrons. The molecule has 0 unspecified atom stereocenters. The van der Waals surface area contributed by atoms with Crippen molar-refractivity contribution < 1.29 is 23.0 Å². The first-order chi connectivity index (χ1) is 9.52. The van der Waals surface area contributed by atoms with E-state index in [1.165, 1.54) is 12.1 Å². The molecule has 1 atom stereocenters. The lowest BCUT2D eigenvalue weighted by Gasteiger charge is -2.34. The van der Waals surface area contributed by atoms with E-state index in [4.69, 9.17) is 9.84 Å². The maximum atomic E-state index is 13.0. The first kappa shape index (κ1) is 15.3. The van der Waals surface area contributed by atoms with Crippen LogP contribution in [0.3, 0.4) is 0 Å². The number of hydrogen-bond acceptors (Lipinski definition) is 3. The smallest absolute Gasteiger partial charge is 0.396 e. The lowest BCUT2D eigenvalue weighted by molar-refractivity contribution is -0.140. The van der Waals surface area contributed by atoms with Gasteiger partial charge in [-0.2, -0.15) is 13.2 Å². The van der Waals surface area contributed by atoms with Gasteiger partial charge in [-0.3, -0.25) is 4.90 Å². The van der Waals surface area contributed by atoms with Crippen molar-refractivity contribution in [3.8, 4) is 0 Å². The summed E-state index contributed by atoms with van der Waals surface area (Å²) in [7, 11) is 0. The van der Waals surface area contributed by atoms with Crippen molar-refractivity contribution in [1.82, 2.24) is 4.90 Å². The zero-order valence-electron chi connectivity index (χ0n) is 11.1. The first-order valence-electron chi connectivity index (χ1n) is 6.63. The summed E-state index contributed by atoms with van der Waals surface area (Å²) in [6.45, 7) is 2.27. The van der Waals surface area contributed by atoms with Crippen LogP contribution in [0.4, 0.5) is 13.2 Å².